The average Bonchev–Trinajstić information content (AvgIpc) is 3.48. The van der Waals surface area contributed by atoms with Gasteiger partial charge in [0.15, 0.2) is 0 Å². The number of fused-ring (bicyclic) bond motifs is 8. The molecule has 1 spiro atoms. The average molecular weight is 509 g/mol. The largest absolute Gasteiger partial charge is 0.297 e. The molecule has 3 aromatic carbocycles. The summed E-state index contributed by atoms with van der Waals surface area (Å²) in [4.78, 5) is 48.3. The molecule has 0 unspecified atom stereocenters. The number of carbonyl (C=O) groups excluding carboxylic acids is 2. The van der Waals surface area contributed by atoms with E-state index in [1.54, 1.807) is 22.8 Å². The normalized spacial score (nSPS) is 25.5. The maximum absolute atomic E-state index is 14.3. The third kappa shape index (κ3) is 2.86. The molecule has 7 rings (SSSR count). The van der Waals surface area contributed by atoms with E-state index in [9.17, 15) is 18.8 Å². The molecule has 2 saturated heterocycles. The molecule has 1 N–H and O–H groups in total. The van der Waals surface area contributed by atoms with Gasteiger partial charge in [-0.1, -0.05) is 44.2 Å². The Morgan fingerprint density at radius 2 is 1.66 bits per heavy atom. The number of benzene rings is 3. The van der Waals surface area contributed by atoms with Gasteiger partial charge in [0.05, 0.1) is 34.1 Å². The number of halogens is 1. The van der Waals surface area contributed by atoms with Gasteiger partial charge in [-0.05, 0) is 54.8 Å². The minimum atomic E-state index is -1.18. The van der Waals surface area contributed by atoms with Gasteiger partial charge in [0.2, 0.25) is 11.8 Å². The lowest BCUT2D eigenvalue weighted by molar-refractivity contribution is -0.123. The molecular weight excluding hydrogens is 483 g/mol. The number of nitrogens with one attached hydrogen (secondary N) is 1. The lowest BCUT2D eigenvalue weighted by atomic mass is 9.75. The van der Waals surface area contributed by atoms with Crippen molar-refractivity contribution in [1.29, 1.82) is 0 Å². The molecule has 38 heavy (non-hydrogen) atoms. The summed E-state index contributed by atoms with van der Waals surface area (Å²) in [6.07, 6.45) is 0.652. The van der Waals surface area contributed by atoms with Gasteiger partial charge in [-0.3, -0.25) is 24.3 Å². The van der Waals surface area contributed by atoms with E-state index >= 15 is 0 Å². The fraction of sp³-hybridized carbons (Fsp3) is 0.267. The first-order valence-corrected chi connectivity index (χ1v) is 12.9. The van der Waals surface area contributed by atoms with Crippen molar-refractivity contribution in [3.05, 3.63) is 100 Å². The molecule has 2 amide bonds. The highest BCUT2D eigenvalue weighted by Crippen LogP contribution is 2.56. The minimum Gasteiger partial charge on any atom is -0.297 e. The molecule has 1 aromatic heterocycles. The first-order chi connectivity index (χ1) is 18.3. The van der Waals surface area contributed by atoms with E-state index < -0.39 is 23.2 Å². The minimum absolute atomic E-state index is 0.215. The number of nitrogens with zero attached hydrogens (tertiary/aromatic N) is 3. The fourth-order valence-corrected chi connectivity index (χ4v) is 6.77. The number of rotatable bonds is 3. The van der Waals surface area contributed by atoms with E-state index in [0.717, 1.165) is 5.56 Å². The molecule has 4 heterocycles. The zero-order valence-corrected chi connectivity index (χ0v) is 20.9. The third-order valence-electron chi connectivity index (χ3n) is 8.17. The Kier molecular flexibility index (Phi) is 4.79. The Bertz CT molecular complexity index is 1710. The zero-order chi connectivity index (χ0) is 26.3. The lowest BCUT2D eigenvalue weighted by Crippen LogP contribution is -2.50. The number of aromatic nitrogens is 2. The van der Waals surface area contributed by atoms with Crippen LogP contribution in [0.15, 0.2) is 77.6 Å². The Hall–Kier alpha value is -4.17. The molecule has 8 heteroatoms. The van der Waals surface area contributed by atoms with Gasteiger partial charge in [-0.15, -0.1) is 0 Å². The first kappa shape index (κ1) is 23.0. The number of imide groups is 1. The van der Waals surface area contributed by atoms with Crippen LogP contribution >= 0.6 is 0 Å². The molecule has 4 aromatic rings. The van der Waals surface area contributed by atoms with E-state index in [1.165, 1.54) is 29.2 Å². The van der Waals surface area contributed by atoms with Gasteiger partial charge in [-0.25, -0.2) is 14.3 Å². The van der Waals surface area contributed by atoms with Crippen LogP contribution in [0.5, 0.6) is 0 Å². The van der Waals surface area contributed by atoms with Crippen LogP contribution in [-0.2, 0) is 15.1 Å². The zero-order valence-electron chi connectivity index (χ0n) is 20.9. The fourth-order valence-electron chi connectivity index (χ4n) is 6.77. The summed E-state index contributed by atoms with van der Waals surface area (Å²) < 4.78 is 15.3. The summed E-state index contributed by atoms with van der Waals surface area (Å²) in [5.74, 6) is -1.97. The second-order valence-corrected chi connectivity index (χ2v) is 10.8. The topological polar surface area (TPSA) is 84.3 Å². The number of carbonyl (C=O) groups is 2. The summed E-state index contributed by atoms with van der Waals surface area (Å²) in [6, 6.07) is 19.7. The number of hydrogen-bond donors (Lipinski definition) is 1. The molecule has 7 nitrogen and oxygen atoms in total. The van der Waals surface area contributed by atoms with Crippen molar-refractivity contribution < 1.29 is 14.0 Å². The Morgan fingerprint density at radius 1 is 0.947 bits per heavy atom. The van der Waals surface area contributed by atoms with Gasteiger partial charge < -0.3 is 0 Å². The van der Waals surface area contributed by atoms with Crippen molar-refractivity contribution in [2.45, 2.75) is 31.8 Å². The standard InChI is InChI=1S/C30H25FN4O3/c1-16(2)15-22-24-25(28(38)34(27(24)37)18-13-11-17(31)12-14-18)30(33-22)20-8-4-6-10-23(20)35-26(36)19-7-3-5-9-21(19)32-29(30)35/h3-14,16,22,24-25,33H,15H2,1-2H3/t22-,24+,25-,30+/m1/s1. The molecule has 190 valence electrons. The van der Waals surface area contributed by atoms with Crippen molar-refractivity contribution in [3.8, 4) is 5.69 Å². The summed E-state index contributed by atoms with van der Waals surface area (Å²) >= 11 is 0. The lowest BCUT2D eigenvalue weighted by Gasteiger charge is -2.32. The maximum Gasteiger partial charge on any atom is 0.266 e. The number of hydrogen-bond acceptors (Lipinski definition) is 5. The number of amides is 2. The predicted molar refractivity (Wildman–Crippen MR) is 140 cm³/mol. The van der Waals surface area contributed by atoms with Crippen LogP contribution in [0.4, 0.5) is 10.1 Å². The molecule has 0 saturated carbocycles. The molecule has 3 aliphatic heterocycles. The van der Waals surface area contributed by atoms with E-state index in [-0.39, 0.29) is 29.3 Å². The molecule has 3 aliphatic rings. The van der Waals surface area contributed by atoms with E-state index in [1.807, 2.05) is 30.3 Å². The van der Waals surface area contributed by atoms with Crippen molar-refractivity contribution in [2.24, 2.45) is 17.8 Å². The number of para-hydroxylation sites is 2. The molecule has 4 atom stereocenters. The summed E-state index contributed by atoms with van der Waals surface area (Å²) in [5, 5.41) is 4.18. The van der Waals surface area contributed by atoms with Crippen LogP contribution in [0.3, 0.4) is 0 Å². The van der Waals surface area contributed by atoms with E-state index in [2.05, 4.69) is 19.2 Å². The second kappa shape index (κ2) is 7.91. The monoisotopic (exact) mass is 508 g/mol. The van der Waals surface area contributed by atoms with Crippen LogP contribution in [0.2, 0.25) is 0 Å². The number of anilines is 1. The summed E-state index contributed by atoms with van der Waals surface area (Å²) in [6.45, 7) is 4.15. The Balaban J connectivity index is 1.52. The van der Waals surface area contributed by atoms with Crippen molar-refractivity contribution in [3.63, 3.8) is 0 Å². The van der Waals surface area contributed by atoms with Gasteiger partial charge in [0, 0.05) is 11.6 Å². The smallest absolute Gasteiger partial charge is 0.266 e. The molecular formula is C30H25FN4O3. The van der Waals surface area contributed by atoms with E-state index in [0.29, 0.717) is 34.5 Å². The summed E-state index contributed by atoms with van der Waals surface area (Å²) in [5.41, 5.74) is 0.891. The van der Waals surface area contributed by atoms with Crippen molar-refractivity contribution in [2.75, 3.05) is 4.90 Å². The van der Waals surface area contributed by atoms with Crippen molar-refractivity contribution in [1.82, 2.24) is 14.9 Å². The maximum atomic E-state index is 14.3. The molecule has 0 bridgehead atoms. The highest BCUT2D eigenvalue weighted by Gasteiger charge is 2.69. The van der Waals surface area contributed by atoms with Gasteiger partial charge >= 0.3 is 0 Å². The van der Waals surface area contributed by atoms with Gasteiger partial charge in [0.25, 0.3) is 5.56 Å². The Morgan fingerprint density at radius 3 is 2.42 bits per heavy atom. The highest BCUT2D eigenvalue weighted by molar-refractivity contribution is 6.23. The predicted octanol–water partition coefficient (Wildman–Crippen LogP) is 3.91. The van der Waals surface area contributed by atoms with Crippen LogP contribution in [0.25, 0.3) is 16.6 Å². The van der Waals surface area contributed by atoms with E-state index in [4.69, 9.17) is 4.98 Å². The molecule has 0 aliphatic carbocycles. The third-order valence-corrected chi connectivity index (χ3v) is 8.17. The summed E-state index contributed by atoms with van der Waals surface area (Å²) in [7, 11) is 0. The van der Waals surface area contributed by atoms with Crippen molar-refractivity contribution >= 4 is 28.4 Å². The Labute approximate surface area is 217 Å². The van der Waals surface area contributed by atoms with Crippen LogP contribution in [-0.4, -0.2) is 27.4 Å². The second-order valence-electron chi connectivity index (χ2n) is 10.8. The van der Waals surface area contributed by atoms with Gasteiger partial charge in [-0.2, -0.15) is 0 Å². The van der Waals surface area contributed by atoms with Crippen LogP contribution in [0, 0.1) is 23.6 Å². The quantitative estimate of drug-likeness (QED) is 0.425. The molecule has 0 radical (unpaired) electrons. The van der Waals surface area contributed by atoms with Crippen LogP contribution < -0.4 is 15.8 Å². The molecule has 2 fully saturated rings. The first-order valence-electron chi connectivity index (χ1n) is 12.9. The SMILES string of the molecule is CC(C)C[C@H]1N[C@@]2(c3ccccc3-n3c2nc2ccccc2c3=O)[C@H]2C(=O)N(c3ccc(F)cc3)C(=O)[C@@H]12. The van der Waals surface area contributed by atoms with Gasteiger partial charge in [0.1, 0.15) is 17.2 Å². The van der Waals surface area contributed by atoms with Crippen LogP contribution in [0.1, 0.15) is 31.7 Å². The highest BCUT2D eigenvalue weighted by atomic mass is 19.1.